The molecule has 2 N–H and O–H groups in total. The van der Waals surface area contributed by atoms with Crippen LogP contribution in [0.2, 0.25) is 0 Å². The second-order valence-electron chi connectivity index (χ2n) is 5.79. The minimum Gasteiger partial charge on any atom is -0.396 e. The molecule has 0 radical (unpaired) electrons. The lowest BCUT2D eigenvalue weighted by atomic mass is 9.98. The predicted molar refractivity (Wildman–Crippen MR) is 81.5 cm³/mol. The average molecular weight is 261 g/mol. The Morgan fingerprint density at radius 3 is 2.58 bits per heavy atom. The van der Waals surface area contributed by atoms with E-state index < -0.39 is 0 Å². The van der Waals surface area contributed by atoms with Crippen LogP contribution in [-0.4, -0.2) is 17.8 Å². The monoisotopic (exact) mass is 261 g/mol. The molecule has 19 heavy (non-hydrogen) atoms. The lowest BCUT2D eigenvalue weighted by Crippen LogP contribution is -2.18. The van der Waals surface area contributed by atoms with Gasteiger partial charge in [0, 0.05) is 18.3 Å². The number of rotatable bonds is 5. The number of aliphatic hydroxyl groups excluding tert-OH is 1. The summed E-state index contributed by atoms with van der Waals surface area (Å²) in [6, 6.07) is 9.16. The summed E-state index contributed by atoms with van der Waals surface area (Å²) in [4.78, 5) is 0. The van der Waals surface area contributed by atoms with Gasteiger partial charge in [-0.1, -0.05) is 38.3 Å². The van der Waals surface area contributed by atoms with E-state index in [4.69, 9.17) is 5.11 Å². The number of nitrogens with one attached hydrogen (secondary N) is 1. The van der Waals surface area contributed by atoms with Crippen LogP contribution in [0.3, 0.4) is 0 Å². The first-order valence-electron chi connectivity index (χ1n) is 7.78. The summed E-state index contributed by atoms with van der Waals surface area (Å²) in [5.74, 6) is 0.943. The maximum atomic E-state index is 8.91. The molecule has 1 aromatic carbocycles. The molecule has 1 aromatic rings. The van der Waals surface area contributed by atoms with E-state index in [1.165, 1.54) is 49.8 Å². The molecule has 0 saturated heterocycles. The molecular weight excluding hydrogens is 234 g/mol. The molecule has 0 aromatic heterocycles. The van der Waals surface area contributed by atoms with Gasteiger partial charge in [0.1, 0.15) is 0 Å². The fraction of sp³-hybridized carbons (Fsp3) is 0.647. The van der Waals surface area contributed by atoms with Gasteiger partial charge < -0.3 is 10.4 Å². The van der Waals surface area contributed by atoms with Gasteiger partial charge in [0.15, 0.2) is 0 Å². The van der Waals surface area contributed by atoms with Gasteiger partial charge >= 0.3 is 0 Å². The summed E-state index contributed by atoms with van der Waals surface area (Å²) < 4.78 is 0. The Morgan fingerprint density at radius 2 is 1.89 bits per heavy atom. The normalized spacial score (nSPS) is 23.9. The van der Waals surface area contributed by atoms with Crippen molar-refractivity contribution in [1.82, 2.24) is 0 Å². The highest BCUT2D eigenvalue weighted by molar-refractivity contribution is 5.45. The predicted octanol–water partition coefficient (Wildman–Crippen LogP) is 3.99. The standard InChI is InChI=1S/C17H27NO/c1-2-14-4-3-5-16(9-6-14)18-17-10-7-15(8-11-17)12-13-19/h7-8,10-11,14,16,18-19H,2-6,9,12-13H2,1H3. The van der Waals surface area contributed by atoms with Crippen molar-refractivity contribution >= 4 is 5.69 Å². The molecular formula is C17H27NO. The third-order valence-corrected chi connectivity index (χ3v) is 4.39. The zero-order chi connectivity index (χ0) is 13.5. The molecule has 0 aliphatic heterocycles. The van der Waals surface area contributed by atoms with Gasteiger partial charge in [0.25, 0.3) is 0 Å². The maximum Gasteiger partial charge on any atom is 0.0471 e. The molecule has 2 nitrogen and oxygen atoms in total. The van der Waals surface area contributed by atoms with Gasteiger partial charge in [-0.15, -0.1) is 0 Å². The maximum absolute atomic E-state index is 8.91. The largest absolute Gasteiger partial charge is 0.396 e. The third-order valence-electron chi connectivity index (χ3n) is 4.39. The van der Waals surface area contributed by atoms with E-state index in [9.17, 15) is 0 Å². The van der Waals surface area contributed by atoms with E-state index in [1.54, 1.807) is 0 Å². The molecule has 2 rings (SSSR count). The summed E-state index contributed by atoms with van der Waals surface area (Å²) in [5, 5.41) is 12.6. The molecule has 106 valence electrons. The van der Waals surface area contributed by atoms with Gasteiger partial charge in [-0.2, -0.15) is 0 Å². The molecule has 2 atom stereocenters. The number of anilines is 1. The van der Waals surface area contributed by atoms with E-state index in [1.807, 2.05) is 0 Å². The average Bonchev–Trinajstić information content (AvgIpc) is 2.66. The molecule has 0 heterocycles. The first-order chi connectivity index (χ1) is 9.31. The summed E-state index contributed by atoms with van der Waals surface area (Å²) >= 11 is 0. The van der Waals surface area contributed by atoms with Gasteiger partial charge in [0.2, 0.25) is 0 Å². The smallest absolute Gasteiger partial charge is 0.0471 e. The first-order valence-corrected chi connectivity index (χ1v) is 7.78. The van der Waals surface area contributed by atoms with E-state index in [0.29, 0.717) is 6.04 Å². The van der Waals surface area contributed by atoms with Gasteiger partial charge in [0.05, 0.1) is 0 Å². The van der Waals surface area contributed by atoms with E-state index >= 15 is 0 Å². The topological polar surface area (TPSA) is 32.3 Å². The van der Waals surface area contributed by atoms with Crippen LogP contribution in [0.5, 0.6) is 0 Å². The zero-order valence-corrected chi connectivity index (χ0v) is 12.1. The third kappa shape index (κ3) is 4.54. The molecule has 1 saturated carbocycles. The van der Waals surface area contributed by atoms with Crippen LogP contribution in [0.4, 0.5) is 5.69 Å². The van der Waals surface area contributed by atoms with Crippen molar-refractivity contribution in [3.8, 4) is 0 Å². The van der Waals surface area contributed by atoms with Crippen LogP contribution in [0.25, 0.3) is 0 Å². The molecule has 0 spiro atoms. The lowest BCUT2D eigenvalue weighted by molar-refractivity contribution is 0.299. The minimum absolute atomic E-state index is 0.230. The molecule has 2 unspecified atom stereocenters. The van der Waals surface area contributed by atoms with Crippen molar-refractivity contribution in [2.45, 2.75) is 57.9 Å². The van der Waals surface area contributed by atoms with Crippen molar-refractivity contribution < 1.29 is 5.11 Å². The van der Waals surface area contributed by atoms with E-state index in [0.717, 1.165) is 12.3 Å². The van der Waals surface area contributed by atoms with Crippen LogP contribution in [0.1, 0.15) is 51.0 Å². The number of hydrogen-bond donors (Lipinski definition) is 2. The van der Waals surface area contributed by atoms with Gasteiger partial charge in [-0.3, -0.25) is 0 Å². The highest BCUT2D eigenvalue weighted by Crippen LogP contribution is 2.27. The second-order valence-corrected chi connectivity index (χ2v) is 5.79. The summed E-state index contributed by atoms with van der Waals surface area (Å²) in [6.45, 7) is 2.55. The summed E-state index contributed by atoms with van der Waals surface area (Å²) in [6.07, 6.45) is 8.83. The molecule has 0 amide bonds. The second kappa shape index (κ2) is 7.54. The fourth-order valence-corrected chi connectivity index (χ4v) is 3.06. The van der Waals surface area contributed by atoms with Crippen LogP contribution in [0, 0.1) is 5.92 Å². The van der Waals surface area contributed by atoms with E-state index in [-0.39, 0.29) is 6.61 Å². The Balaban J connectivity index is 1.86. The molecule has 0 bridgehead atoms. The first kappa shape index (κ1) is 14.4. The summed E-state index contributed by atoms with van der Waals surface area (Å²) in [5.41, 5.74) is 2.43. The summed E-state index contributed by atoms with van der Waals surface area (Å²) in [7, 11) is 0. The molecule has 1 aliphatic carbocycles. The van der Waals surface area contributed by atoms with Crippen molar-refractivity contribution in [3.05, 3.63) is 29.8 Å². The Labute approximate surface area is 117 Å². The zero-order valence-electron chi connectivity index (χ0n) is 12.1. The van der Waals surface area contributed by atoms with Crippen molar-refractivity contribution in [3.63, 3.8) is 0 Å². The molecule has 2 heteroatoms. The Morgan fingerprint density at radius 1 is 1.11 bits per heavy atom. The molecule has 1 fully saturated rings. The van der Waals surface area contributed by atoms with Gasteiger partial charge in [-0.25, -0.2) is 0 Å². The van der Waals surface area contributed by atoms with Crippen LogP contribution < -0.4 is 5.32 Å². The Kier molecular flexibility index (Phi) is 5.71. The minimum atomic E-state index is 0.230. The highest BCUT2D eigenvalue weighted by Gasteiger charge is 2.17. The van der Waals surface area contributed by atoms with Crippen molar-refractivity contribution in [2.75, 3.05) is 11.9 Å². The Hall–Kier alpha value is -1.02. The van der Waals surface area contributed by atoms with Gasteiger partial charge in [-0.05, 0) is 49.3 Å². The molecule has 1 aliphatic rings. The lowest BCUT2D eigenvalue weighted by Gasteiger charge is -2.18. The highest BCUT2D eigenvalue weighted by atomic mass is 16.2. The Bertz CT molecular complexity index is 360. The number of benzene rings is 1. The SMILES string of the molecule is CCC1CCCC(Nc2ccc(CCO)cc2)CC1. The van der Waals surface area contributed by atoms with Crippen LogP contribution >= 0.6 is 0 Å². The van der Waals surface area contributed by atoms with Crippen LogP contribution in [-0.2, 0) is 6.42 Å². The van der Waals surface area contributed by atoms with E-state index in [2.05, 4.69) is 36.5 Å². The van der Waals surface area contributed by atoms with Crippen molar-refractivity contribution in [1.29, 1.82) is 0 Å². The van der Waals surface area contributed by atoms with Crippen molar-refractivity contribution in [2.24, 2.45) is 5.92 Å². The quantitative estimate of drug-likeness (QED) is 0.785. The fourth-order valence-electron chi connectivity index (χ4n) is 3.06. The number of aliphatic hydroxyl groups is 1. The van der Waals surface area contributed by atoms with Crippen LogP contribution in [0.15, 0.2) is 24.3 Å². The number of hydrogen-bond acceptors (Lipinski definition) is 2.